The first-order valence-corrected chi connectivity index (χ1v) is 6.17. The van der Waals surface area contributed by atoms with Crippen LogP contribution in [0.1, 0.15) is 25.0 Å². The highest BCUT2D eigenvalue weighted by Gasteiger charge is 2.31. The first kappa shape index (κ1) is 12.4. The summed E-state index contributed by atoms with van der Waals surface area (Å²) >= 11 is 0. The molecule has 0 unspecified atom stereocenters. The van der Waals surface area contributed by atoms with Crippen LogP contribution >= 0.6 is 0 Å². The van der Waals surface area contributed by atoms with Crippen LogP contribution in [0, 0.1) is 0 Å². The molecular formula is C14H21NO2. The lowest BCUT2D eigenvalue weighted by molar-refractivity contribution is 0.144. The van der Waals surface area contributed by atoms with Crippen molar-refractivity contribution in [3.05, 3.63) is 29.3 Å². The molecule has 0 fully saturated rings. The molecule has 2 rings (SSSR count). The average molecular weight is 235 g/mol. The Morgan fingerprint density at radius 3 is 2.94 bits per heavy atom. The third-order valence-corrected chi connectivity index (χ3v) is 3.16. The van der Waals surface area contributed by atoms with Crippen LogP contribution in [0.2, 0.25) is 0 Å². The van der Waals surface area contributed by atoms with E-state index >= 15 is 0 Å². The molecule has 94 valence electrons. The SMILES string of the molecule is CC1(C)COc2ccc(CCOCCN)cc21. The molecule has 0 saturated heterocycles. The number of hydrogen-bond donors (Lipinski definition) is 1. The lowest BCUT2D eigenvalue weighted by Gasteiger charge is -2.15. The van der Waals surface area contributed by atoms with Crippen LogP contribution in [0.3, 0.4) is 0 Å². The normalized spacial score (nSPS) is 16.6. The van der Waals surface area contributed by atoms with Gasteiger partial charge in [-0.3, -0.25) is 0 Å². The number of nitrogens with two attached hydrogens (primary N) is 1. The summed E-state index contributed by atoms with van der Waals surface area (Å²) in [6.07, 6.45) is 0.934. The summed E-state index contributed by atoms with van der Waals surface area (Å²) in [6.45, 7) is 7.17. The molecule has 17 heavy (non-hydrogen) atoms. The first-order valence-electron chi connectivity index (χ1n) is 6.17. The van der Waals surface area contributed by atoms with Gasteiger partial charge in [-0.05, 0) is 18.1 Å². The van der Waals surface area contributed by atoms with Gasteiger partial charge in [0.1, 0.15) is 5.75 Å². The highest BCUT2D eigenvalue weighted by atomic mass is 16.5. The Labute approximate surface area is 103 Å². The van der Waals surface area contributed by atoms with Crippen LogP contribution in [0.15, 0.2) is 18.2 Å². The molecule has 1 aliphatic rings. The van der Waals surface area contributed by atoms with Gasteiger partial charge in [0.15, 0.2) is 0 Å². The topological polar surface area (TPSA) is 44.5 Å². The predicted octanol–water partition coefficient (Wildman–Crippen LogP) is 1.87. The van der Waals surface area contributed by atoms with Crippen LogP contribution in [-0.4, -0.2) is 26.4 Å². The van der Waals surface area contributed by atoms with E-state index in [1.54, 1.807) is 0 Å². The van der Waals surface area contributed by atoms with Crippen LogP contribution in [0.5, 0.6) is 5.75 Å². The Morgan fingerprint density at radius 2 is 2.18 bits per heavy atom. The van der Waals surface area contributed by atoms with E-state index in [2.05, 4.69) is 32.0 Å². The van der Waals surface area contributed by atoms with Gasteiger partial charge in [-0.1, -0.05) is 26.0 Å². The van der Waals surface area contributed by atoms with E-state index in [0.717, 1.165) is 25.4 Å². The Hall–Kier alpha value is -1.06. The van der Waals surface area contributed by atoms with Crippen LogP contribution in [0.4, 0.5) is 0 Å². The van der Waals surface area contributed by atoms with E-state index < -0.39 is 0 Å². The quantitative estimate of drug-likeness (QED) is 0.792. The van der Waals surface area contributed by atoms with Gasteiger partial charge in [-0.2, -0.15) is 0 Å². The number of benzene rings is 1. The molecule has 0 bridgehead atoms. The Balaban J connectivity index is 2.01. The number of rotatable bonds is 5. The summed E-state index contributed by atoms with van der Waals surface area (Å²) in [5.41, 5.74) is 8.12. The van der Waals surface area contributed by atoms with E-state index in [1.165, 1.54) is 11.1 Å². The average Bonchev–Trinajstić information content (AvgIpc) is 2.61. The van der Waals surface area contributed by atoms with Crippen molar-refractivity contribution in [2.24, 2.45) is 5.73 Å². The van der Waals surface area contributed by atoms with Gasteiger partial charge >= 0.3 is 0 Å². The van der Waals surface area contributed by atoms with Gasteiger partial charge in [0, 0.05) is 17.5 Å². The molecule has 0 amide bonds. The number of ether oxygens (including phenoxy) is 2. The van der Waals surface area contributed by atoms with E-state index in [1.807, 2.05) is 0 Å². The molecule has 1 heterocycles. The Morgan fingerprint density at radius 1 is 1.35 bits per heavy atom. The summed E-state index contributed by atoms with van der Waals surface area (Å²) in [5, 5.41) is 0. The Bertz CT molecular complexity index is 388. The molecule has 0 aromatic heterocycles. The second kappa shape index (κ2) is 5.07. The van der Waals surface area contributed by atoms with Crippen LogP contribution < -0.4 is 10.5 Å². The van der Waals surface area contributed by atoms with Crippen molar-refractivity contribution in [2.75, 3.05) is 26.4 Å². The fourth-order valence-electron chi connectivity index (χ4n) is 2.10. The van der Waals surface area contributed by atoms with E-state index in [0.29, 0.717) is 13.2 Å². The van der Waals surface area contributed by atoms with Crippen molar-refractivity contribution >= 4 is 0 Å². The van der Waals surface area contributed by atoms with Crippen molar-refractivity contribution < 1.29 is 9.47 Å². The number of fused-ring (bicyclic) bond motifs is 1. The minimum Gasteiger partial charge on any atom is -0.492 e. The molecule has 3 heteroatoms. The summed E-state index contributed by atoms with van der Waals surface area (Å²) in [7, 11) is 0. The van der Waals surface area contributed by atoms with Crippen molar-refractivity contribution in [2.45, 2.75) is 25.7 Å². The first-order chi connectivity index (χ1) is 8.13. The summed E-state index contributed by atoms with van der Waals surface area (Å²) in [5.74, 6) is 1.03. The third-order valence-electron chi connectivity index (χ3n) is 3.16. The zero-order valence-electron chi connectivity index (χ0n) is 10.7. The minimum absolute atomic E-state index is 0.128. The maximum Gasteiger partial charge on any atom is 0.123 e. The van der Waals surface area contributed by atoms with Gasteiger partial charge in [0.2, 0.25) is 0 Å². The zero-order valence-corrected chi connectivity index (χ0v) is 10.7. The van der Waals surface area contributed by atoms with Gasteiger partial charge in [0.25, 0.3) is 0 Å². The third kappa shape index (κ3) is 2.79. The van der Waals surface area contributed by atoms with E-state index in [4.69, 9.17) is 15.2 Å². The molecule has 0 saturated carbocycles. The molecule has 1 aliphatic heterocycles. The van der Waals surface area contributed by atoms with Crippen LogP contribution in [0.25, 0.3) is 0 Å². The van der Waals surface area contributed by atoms with Gasteiger partial charge in [-0.25, -0.2) is 0 Å². The molecule has 0 spiro atoms. The van der Waals surface area contributed by atoms with Crippen LogP contribution in [-0.2, 0) is 16.6 Å². The highest BCUT2D eigenvalue weighted by molar-refractivity contribution is 5.45. The molecule has 2 N–H and O–H groups in total. The Kier molecular flexibility index (Phi) is 3.69. The second-order valence-corrected chi connectivity index (χ2v) is 5.15. The van der Waals surface area contributed by atoms with Crippen molar-refractivity contribution in [3.8, 4) is 5.75 Å². The van der Waals surface area contributed by atoms with Crippen molar-refractivity contribution in [1.29, 1.82) is 0 Å². The van der Waals surface area contributed by atoms with E-state index in [9.17, 15) is 0 Å². The molecular weight excluding hydrogens is 214 g/mol. The molecule has 3 nitrogen and oxygen atoms in total. The maximum atomic E-state index is 5.66. The highest BCUT2D eigenvalue weighted by Crippen LogP contribution is 2.38. The molecule has 0 atom stereocenters. The molecule has 0 radical (unpaired) electrons. The summed E-state index contributed by atoms with van der Waals surface area (Å²) < 4.78 is 11.1. The second-order valence-electron chi connectivity index (χ2n) is 5.15. The van der Waals surface area contributed by atoms with Crippen molar-refractivity contribution in [3.63, 3.8) is 0 Å². The fourth-order valence-corrected chi connectivity index (χ4v) is 2.10. The molecule has 0 aliphatic carbocycles. The van der Waals surface area contributed by atoms with Gasteiger partial charge in [-0.15, -0.1) is 0 Å². The summed E-state index contributed by atoms with van der Waals surface area (Å²) in [6, 6.07) is 6.43. The van der Waals surface area contributed by atoms with Crippen molar-refractivity contribution in [1.82, 2.24) is 0 Å². The standard InChI is InChI=1S/C14H21NO2/c1-14(2)10-17-13-4-3-11(9-12(13)14)5-7-16-8-6-15/h3-4,9H,5-8,10,15H2,1-2H3. The van der Waals surface area contributed by atoms with E-state index in [-0.39, 0.29) is 5.41 Å². The van der Waals surface area contributed by atoms with Gasteiger partial charge in [0.05, 0.1) is 19.8 Å². The van der Waals surface area contributed by atoms with Gasteiger partial charge < -0.3 is 15.2 Å². The molecule has 1 aromatic rings. The summed E-state index contributed by atoms with van der Waals surface area (Å²) in [4.78, 5) is 0. The predicted molar refractivity (Wildman–Crippen MR) is 68.5 cm³/mol. The largest absolute Gasteiger partial charge is 0.492 e. The fraction of sp³-hybridized carbons (Fsp3) is 0.571. The smallest absolute Gasteiger partial charge is 0.123 e. The number of hydrogen-bond acceptors (Lipinski definition) is 3. The lowest BCUT2D eigenvalue weighted by atomic mass is 9.86. The maximum absolute atomic E-state index is 5.66. The monoisotopic (exact) mass is 235 g/mol. The lowest BCUT2D eigenvalue weighted by Crippen LogP contribution is -2.18. The zero-order chi connectivity index (χ0) is 12.3. The minimum atomic E-state index is 0.128. The molecule has 1 aromatic carbocycles.